The summed E-state index contributed by atoms with van der Waals surface area (Å²) in [6.45, 7) is 0.101. The lowest BCUT2D eigenvalue weighted by molar-refractivity contribution is 0.0941. The predicted octanol–water partition coefficient (Wildman–Crippen LogP) is 2.50. The van der Waals surface area contributed by atoms with Crippen molar-refractivity contribution in [1.29, 1.82) is 0 Å². The van der Waals surface area contributed by atoms with Crippen molar-refractivity contribution in [3.8, 4) is 34.5 Å². The van der Waals surface area contributed by atoms with Crippen LogP contribution >= 0.6 is 0 Å². The van der Waals surface area contributed by atoms with Gasteiger partial charge in [-0.25, -0.2) is 4.98 Å². The van der Waals surface area contributed by atoms with Crippen LogP contribution in [0.25, 0.3) is 11.4 Å². The number of aromatic nitrogens is 2. The molecular formula is C20H19N3O5. The van der Waals surface area contributed by atoms with Gasteiger partial charge >= 0.3 is 0 Å². The number of para-hydroxylation sites is 1. The fourth-order valence-electron chi connectivity index (χ4n) is 2.67. The van der Waals surface area contributed by atoms with Gasteiger partial charge in [0.1, 0.15) is 0 Å². The highest BCUT2D eigenvalue weighted by Crippen LogP contribution is 2.31. The molecule has 0 atom stereocenters. The molecule has 28 heavy (non-hydrogen) atoms. The highest BCUT2D eigenvalue weighted by Gasteiger charge is 2.21. The molecule has 2 aromatic carbocycles. The topological polar surface area (TPSA) is 114 Å². The number of carbonyl (C=O) groups excluding carboxylic acids is 1. The largest absolute Gasteiger partial charge is 0.501 e. The Morgan fingerprint density at radius 2 is 1.75 bits per heavy atom. The Balaban J connectivity index is 1.86. The van der Waals surface area contributed by atoms with Crippen molar-refractivity contribution in [3.63, 3.8) is 0 Å². The monoisotopic (exact) mass is 381 g/mol. The molecule has 1 amide bonds. The molecule has 3 N–H and O–H groups in total. The van der Waals surface area contributed by atoms with Crippen LogP contribution in [-0.4, -0.2) is 40.3 Å². The third-order valence-electron chi connectivity index (χ3n) is 4.04. The molecule has 3 rings (SSSR count). The Kier molecular flexibility index (Phi) is 5.59. The molecule has 1 aromatic heterocycles. The minimum atomic E-state index is -0.685. The van der Waals surface area contributed by atoms with Gasteiger partial charge in [0.15, 0.2) is 23.0 Å². The van der Waals surface area contributed by atoms with Gasteiger partial charge in [-0.15, -0.1) is 0 Å². The number of hydrogen-bond acceptors (Lipinski definition) is 7. The van der Waals surface area contributed by atoms with Crippen molar-refractivity contribution in [2.75, 3.05) is 14.2 Å². The lowest BCUT2D eigenvalue weighted by atomic mass is 10.1. The maximum atomic E-state index is 12.6. The number of nitrogens with zero attached hydrogens (tertiary/aromatic N) is 2. The number of hydrogen-bond donors (Lipinski definition) is 3. The summed E-state index contributed by atoms with van der Waals surface area (Å²) in [6, 6.07) is 14.1. The minimum absolute atomic E-state index is 0.101. The van der Waals surface area contributed by atoms with Crippen molar-refractivity contribution in [3.05, 3.63) is 59.8 Å². The number of methoxy groups -OCH3 is 2. The smallest absolute Gasteiger partial charge is 0.274 e. The molecule has 0 spiro atoms. The van der Waals surface area contributed by atoms with Crippen molar-refractivity contribution < 1.29 is 24.5 Å². The zero-order chi connectivity index (χ0) is 20.1. The van der Waals surface area contributed by atoms with E-state index in [4.69, 9.17) is 9.47 Å². The molecule has 0 fully saturated rings. The van der Waals surface area contributed by atoms with Crippen LogP contribution in [0.2, 0.25) is 0 Å². The van der Waals surface area contributed by atoms with Crippen LogP contribution in [0.5, 0.6) is 23.1 Å². The van der Waals surface area contributed by atoms with E-state index in [1.807, 2.05) is 6.07 Å². The molecule has 8 heteroatoms. The van der Waals surface area contributed by atoms with Gasteiger partial charge in [-0.3, -0.25) is 4.79 Å². The standard InChI is InChI=1S/C20H19N3O5/c1-27-14-10-6-9-13(17(14)28-2)11-21-19(25)15-16(24)20(26)23-18(22-15)12-7-4-3-5-8-12/h3-10,24H,11H2,1-2H3,(H,21,25)(H,22,23,26). The van der Waals surface area contributed by atoms with Crippen LogP contribution in [0.4, 0.5) is 0 Å². The molecule has 0 saturated carbocycles. The number of carbonyl (C=O) groups is 1. The molecule has 0 radical (unpaired) electrons. The van der Waals surface area contributed by atoms with Crippen molar-refractivity contribution >= 4 is 5.91 Å². The van der Waals surface area contributed by atoms with E-state index < -0.39 is 17.5 Å². The van der Waals surface area contributed by atoms with Gasteiger partial charge in [-0.1, -0.05) is 42.5 Å². The Morgan fingerprint density at radius 1 is 1.00 bits per heavy atom. The van der Waals surface area contributed by atoms with E-state index in [2.05, 4.69) is 15.3 Å². The molecule has 3 aromatic rings. The van der Waals surface area contributed by atoms with Crippen LogP contribution in [0.3, 0.4) is 0 Å². The van der Waals surface area contributed by atoms with Gasteiger partial charge in [0.2, 0.25) is 5.75 Å². The summed E-state index contributed by atoms with van der Waals surface area (Å²) >= 11 is 0. The first-order chi connectivity index (χ1) is 13.5. The third kappa shape index (κ3) is 3.80. The van der Waals surface area contributed by atoms with E-state index >= 15 is 0 Å². The second-order valence-electron chi connectivity index (χ2n) is 5.77. The first kappa shape index (κ1) is 19.0. The zero-order valence-electron chi connectivity index (χ0n) is 15.3. The average molecular weight is 381 g/mol. The van der Waals surface area contributed by atoms with E-state index in [1.54, 1.807) is 42.5 Å². The van der Waals surface area contributed by atoms with E-state index in [9.17, 15) is 15.0 Å². The lowest BCUT2D eigenvalue weighted by Gasteiger charge is -2.13. The van der Waals surface area contributed by atoms with E-state index in [-0.39, 0.29) is 18.1 Å². The maximum absolute atomic E-state index is 12.6. The van der Waals surface area contributed by atoms with Crippen molar-refractivity contribution in [2.45, 2.75) is 6.54 Å². The first-order valence-corrected chi connectivity index (χ1v) is 8.38. The fourth-order valence-corrected chi connectivity index (χ4v) is 2.67. The number of rotatable bonds is 6. The number of nitrogens with one attached hydrogen (secondary N) is 1. The summed E-state index contributed by atoms with van der Waals surface area (Å²) in [5, 5.41) is 22.6. The third-order valence-corrected chi connectivity index (χ3v) is 4.04. The second-order valence-corrected chi connectivity index (χ2v) is 5.77. The molecule has 0 aliphatic heterocycles. The van der Waals surface area contributed by atoms with Gasteiger partial charge in [-0.05, 0) is 6.07 Å². The van der Waals surface area contributed by atoms with Crippen LogP contribution in [-0.2, 0) is 6.54 Å². The SMILES string of the molecule is COc1cccc(CNC(=O)c2nc(-c3ccccc3)nc(O)c2O)c1OC. The Hall–Kier alpha value is -3.81. The van der Waals surface area contributed by atoms with Crippen molar-refractivity contribution in [1.82, 2.24) is 15.3 Å². The quantitative estimate of drug-likeness (QED) is 0.601. The highest BCUT2D eigenvalue weighted by molar-refractivity contribution is 5.95. The lowest BCUT2D eigenvalue weighted by Crippen LogP contribution is -2.24. The van der Waals surface area contributed by atoms with Crippen LogP contribution < -0.4 is 14.8 Å². The Morgan fingerprint density at radius 3 is 2.43 bits per heavy atom. The summed E-state index contributed by atoms with van der Waals surface area (Å²) in [5.41, 5.74) is 0.950. The summed E-state index contributed by atoms with van der Waals surface area (Å²) in [5.74, 6) is -0.877. The summed E-state index contributed by atoms with van der Waals surface area (Å²) in [6.07, 6.45) is 0. The van der Waals surface area contributed by atoms with E-state index in [0.717, 1.165) is 0 Å². The van der Waals surface area contributed by atoms with Crippen LogP contribution in [0.15, 0.2) is 48.5 Å². The van der Waals surface area contributed by atoms with Crippen LogP contribution in [0, 0.1) is 0 Å². The highest BCUT2D eigenvalue weighted by atomic mass is 16.5. The molecule has 144 valence electrons. The molecule has 1 heterocycles. The molecule has 8 nitrogen and oxygen atoms in total. The molecule has 0 bridgehead atoms. The van der Waals surface area contributed by atoms with Gasteiger partial charge in [0.05, 0.1) is 14.2 Å². The Bertz CT molecular complexity index is 993. The summed E-state index contributed by atoms with van der Waals surface area (Å²) < 4.78 is 10.6. The number of ether oxygens (including phenoxy) is 2. The van der Waals surface area contributed by atoms with E-state index in [0.29, 0.717) is 22.6 Å². The zero-order valence-corrected chi connectivity index (χ0v) is 15.3. The average Bonchev–Trinajstić information content (AvgIpc) is 2.73. The van der Waals surface area contributed by atoms with Crippen LogP contribution in [0.1, 0.15) is 16.1 Å². The summed E-state index contributed by atoms with van der Waals surface area (Å²) in [7, 11) is 3.02. The number of aromatic hydroxyl groups is 2. The second kappa shape index (κ2) is 8.26. The van der Waals surface area contributed by atoms with Gasteiger partial charge < -0.3 is 25.0 Å². The van der Waals surface area contributed by atoms with Gasteiger partial charge in [0.25, 0.3) is 11.8 Å². The molecule has 0 saturated heterocycles. The molecule has 0 aliphatic carbocycles. The molecule has 0 unspecified atom stereocenters. The van der Waals surface area contributed by atoms with Gasteiger partial charge in [0, 0.05) is 17.7 Å². The molecular weight excluding hydrogens is 362 g/mol. The first-order valence-electron chi connectivity index (χ1n) is 8.38. The number of amides is 1. The van der Waals surface area contributed by atoms with Crippen molar-refractivity contribution in [2.24, 2.45) is 0 Å². The minimum Gasteiger partial charge on any atom is -0.501 e. The number of benzene rings is 2. The molecule has 0 aliphatic rings. The summed E-state index contributed by atoms with van der Waals surface area (Å²) in [4.78, 5) is 20.5. The van der Waals surface area contributed by atoms with E-state index in [1.165, 1.54) is 14.2 Å². The maximum Gasteiger partial charge on any atom is 0.274 e. The van der Waals surface area contributed by atoms with Gasteiger partial charge in [-0.2, -0.15) is 4.98 Å². The normalized spacial score (nSPS) is 10.4. The predicted molar refractivity (Wildman–Crippen MR) is 102 cm³/mol. The Labute approximate surface area is 161 Å². The fraction of sp³-hybridized carbons (Fsp3) is 0.150.